The van der Waals surface area contributed by atoms with Crippen molar-refractivity contribution in [2.24, 2.45) is 15.7 Å². The molecular formula is C29H38N6O6. The number of nitrogens with one attached hydrogen (secondary N) is 2. The minimum Gasteiger partial charge on any atom is -0.394 e. The van der Waals surface area contributed by atoms with E-state index in [1.807, 2.05) is 61.5 Å². The summed E-state index contributed by atoms with van der Waals surface area (Å²) in [6.45, 7) is 3.54. The van der Waals surface area contributed by atoms with Crippen molar-refractivity contribution in [2.45, 2.75) is 19.3 Å². The predicted octanol–water partition coefficient (Wildman–Crippen LogP) is 1.94. The summed E-state index contributed by atoms with van der Waals surface area (Å²) in [5.74, 6) is 0.717. The third-order valence-corrected chi connectivity index (χ3v) is 5.78. The van der Waals surface area contributed by atoms with Gasteiger partial charge in [-0.1, -0.05) is 60.6 Å². The molecule has 0 bridgehead atoms. The molecule has 0 aliphatic heterocycles. The fraction of sp³-hybridized carbons (Fsp3) is 0.379. The number of nitrogens with zero attached hydrogens (tertiary/aromatic N) is 3. The molecule has 1 aromatic heterocycles. The van der Waals surface area contributed by atoms with Crippen LogP contribution in [0.25, 0.3) is 0 Å². The number of carbonyl (C=O) groups excluding carboxylic acids is 1. The van der Waals surface area contributed by atoms with Crippen LogP contribution in [0.1, 0.15) is 40.0 Å². The van der Waals surface area contributed by atoms with Gasteiger partial charge in [-0.05, 0) is 18.1 Å². The molecule has 2 aromatic carbocycles. The summed E-state index contributed by atoms with van der Waals surface area (Å²) in [6.07, 6.45) is 0.654. The quantitative estimate of drug-likeness (QED) is 0.0745. The van der Waals surface area contributed by atoms with Crippen LogP contribution in [0.4, 0.5) is 5.88 Å². The van der Waals surface area contributed by atoms with Gasteiger partial charge in [-0.2, -0.15) is 0 Å². The average Bonchev–Trinajstić information content (AvgIpc) is 3.46. The topological polar surface area (TPSA) is 177 Å². The molecule has 12 heteroatoms. The van der Waals surface area contributed by atoms with Gasteiger partial charge in [0.1, 0.15) is 0 Å². The standard InChI is InChI=1S/C29H38N6O6/c1-21(18-22-6-5-9-24(19-22)27(38)23-7-3-2-4-8-23)25-20-26(41-35-25)33-29(32-11-15-40-17-13-37)34-28(30)31-10-14-39-16-12-36/h2-9,19-21,36-37H,10-18H2,1H3,(H4,30,31,32,33,34). The molecule has 1 heterocycles. The van der Waals surface area contributed by atoms with E-state index in [0.717, 1.165) is 11.3 Å². The van der Waals surface area contributed by atoms with Crippen molar-refractivity contribution in [3.8, 4) is 0 Å². The average molecular weight is 567 g/mol. The van der Waals surface area contributed by atoms with Crippen molar-refractivity contribution in [1.29, 1.82) is 0 Å². The molecule has 0 saturated heterocycles. The summed E-state index contributed by atoms with van der Waals surface area (Å²) >= 11 is 0. The number of aliphatic imine (C=N–C) groups is 2. The number of hydrogen-bond donors (Lipinski definition) is 5. The molecule has 0 aliphatic carbocycles. The Morgan fingerprint density at radius 3 is 2.34 bits per heavy atom. The number of ketones is 1. The molecule has 0 amide bonds. The number of aliphatic hydroxyl groups excluding tert-OH is 2. The minimum atomic E-state index is -0.0717. The zero-order valence-corrected chi connectivity index (χ0v) is 23.2. The number of aliphatic hydroxyl groups is 2. The van der Waals surface area contributed by atoms with E-state index >= 15 is 0 Å². The first-order valence-corrected chi connectivity index (χ1v) is 13.4. The van der Waals surface area contributed by atoms with Crippen molar-refractivity contribution < 1.29 is 29.0 Å². The Labute approximate surface area is 239 Å². The summed E-state index contributed by atoms with van der Waals surface area (Å²) in [5.41, 5.74) is 9.00. The Morgan fingerprint density at radius 1 is 0.951 bits per heavy atom. The van der Waals surface area contributed by atoms with Gasteiger partial charge in [0.05, 0.1) is 58.4 Å². The van der Waals surface area contributed by atoms with Gasteiger partial charge in [0.2, 0.25) is 11.8 Å². The number of benzene rings is 2. The number of guanidine groups is 2. The second-order valence-electron chi connectivity index (χ2n) is 9.04. The monoisotopic (exact) mass is 566 g/mol. The molecule has 3 rings (SSSR count). The van der Waals surface area contributed by atoms with Crippen LogP contribution in [-0.2, 0) is 15.9 Å². The first-order chi connectivity index (χ1) is 20.0. The maximum atomic E-state index is 12.9. The lowest BCUT2D eigenvalue weighted by Crippen LogP contribution is -2.41. The van der Waals surface area contributed by atoms with Crippen molar-refractivity contribution in [3.05, 3.63) is 83.0 Å². The van der Waals surface area contributed by atoms with Crippen LogP contribution in [0.3, 0.4) is 0 Å². The first-order valence-electron chi connectivity index (χ1n) is 13.4. The van der Waals surface area contributed by atoms with Crippen LogP contribution in [0.2, 0.25) is 0 Å². The largest absolute Gasteiger partial charge is 0.394 e. The highest BCUT2D eigenvalue weighted by Crippen LogP contribution is 2.23. The maximum absolute atomic E-state index is 12.9. The van der Waals surface area contributed by atoms with E-state index in [-0.39, 0.29) is 56.6 Å². The van der Waals surface area contributed by atoms with Gasteiger partial charge in [0.15, 0.2) is 11.7 Å². The fourth-order valence-corrected chi connectivity index (χ4v) is 3.81. The van der Waals surface area contributed by atoms with Gasteiger partial charge < -0.3 is 29.9 Å². The van der Waals surface area contributed by atoms with Crippen LogP contribution in [-0.4, -0.2) is 85.8 Å². The lowest BCUT2D eigenvalue weighted by atomic mass is 9.95. The Hall–Kier alpha value is -4.10. The first kappa shape index (κ1) is 31.4. The molecule has 0 aliphatic rings. The van der Waals surface area contributed by atoms with Gasteiger partial charge >= 0.3 is 0 Å². The van der Waals surface area contributed by atoms with Crippen LogP contribution in [0.15, 0.2) is 75.2 Å². The van der Waals surface area contributed by atoms with Gasteiger partial charge in [0.25, 0.3) is 0 Å². The molecule has 1 atom stereocenters. The van der Waals surface area contributed by atoms with E-state index in [4.69, 9.17) is 29.9 Å². The summed E-state index contributed by atoms with van der Waals surface area (Å²) in [5, 5.41) is 27.8. The highest BCUT2D eigenvalue weighted by atomic mass is 16.5. The lowest BCUT2D eigenvalue weighted by Gasteiger charge is -2.10. The van der Waals surface area contributed by atoms with E-state index in [0.29, 0.717) is 43.2 Å². The molecule has 6 N–H and O–H groups in total. The van der Waals surface area contributed by atoms with Crippen molar-refractivity contribution >= 4 is 23.6 Å². The number of nitrogens with two attached hydrogens (primary N) is 1. The minimum absolute atomic E-state index is 0.00200. The number of hydrogen-bond acceptors (Lipinski definition) is 9. The second-order valence-corrected chi connectivity index (χ2v) is 9.04. The van der Waals surface area contributed by atoms with Crippen LogP contribution in [0, 0.1) is 0 Å². The Kier molecular flexibility index (Phi) is 13.5. The van der Waals surface area contributed by atoms with E-state index in [1.54, 1.807) is 6.07 Å². The number of anilines is 1. The van der Waals surface area contributed by atoms with Crippen LogP contribution in [0.5, 0.6) is 0 Å². The summed E-state index contributed by atoms with van der Waals surface area (Å²) in [7, 11) is 0. The lowest BCUT2D eigenvalue weighted by molar-refractivity contribution is 0.0977. The Morgan fingerprint density at radius 2 is 1.63 bits per heavy atom. The highest BCUT2D eigenvalue weighted by Gasteiger charge is 2.16. The molecule has 12 nitrogen and oxygen atoms in total. The van der Waals surface area contributed by atoms with Crippen molar-refractivity contribution in [3.63, 3.8) is 0 Å². The van der Waals surface area contributed by atoms with E-state index in [2.05, 4.69) is 25.8 Å². The zero-order chi connectivity index (χ0) is 29.3. The van der Waals surface area contributed by atoms with Crippen LogP contribution >= 0.6 is 0 Å². The van der Waals surface area contributed by atoms with Gasteiger partial charge in [-0.3, -0.25) is 25.4 Å². The number of aromatic nitrogens is 1. The molecule has 3 aromatic rings. The summed E-state index contributed by atoms with van der Waals surface area (Å²) in [4.78, 5) is 21.4. The molecule has 0 spiro atoms. The summed E-state index contributed by atoms with van der Waals surface area (Å²) < 4.78 is 15.9. The van der Waals surface area contributed by atoms with E-state index < -0.39 is 0 Å². The zero-order valence-electron chi connectivity index (χ0n) is 23.2. The number of rotatable bonds is 16. The van der Waals surface area contributed by atoms with Gasteiger partial charge in [0, 0.05) is 23.1 Å². The van der Waals surface area contributed by atoms with Gasteiger partial charge in [-0.15, -0.1) is 0 Å². The number of carbonyl (C=O) groups is 1. The van der Waals surface area contributed by atoms with Crippen molar-refractivity contribution in [2.75, 3.05) is 58.0 Å². The maximum Gasteiger partial charge on any atom is 0.231 e. The van der Waals surface area contributed by atoms with E-state index in [9.17, 15) is 4.79 Å². The fourth-order valence-electron chi connectivity index (χ4n) is 3.81. The third-order valence-electron chi connectivity index (χ3n) is 5.78. The third kappa shape index (κ3) is 11.1. The molecule has 1 unspecified atom stereocenters. The molecule has 0 saturated carbocycles. The normalized spacial score (nSPS) is 12.8. The Balaban J connectivity index is 1.62. The molecule has 220 valence electrons. The highest BCUT2D eigenvalue weighted by molar-refractivity contribution is 6.09. The molecular weight excluding hydrogens is 528 g/mol. The number of ether oxygens (including phenoxy) is 2. The van der Waals surface area contributed by atoms with E-state index in [1.165, 1.54) is 0 Å². The molecule has 41 heavy (non-hydrogen) atoms. The SMILES string of the molecule is CC(Cc1cccc(C(=O)c2ccccc2)c1)c1cc(NC(=NCCOCCO)NC(N)=NCCOCCO)on1. The van der Waals surface area contributed by atoms with Gasteiger partial charge in [-0.25, -0.2) is 0 Å². The second kappa shape index (κ2) is 17.6. The molecule has 0 fully saturated rings. The van der Waals surface area contributed by atoms with Crippen molar-refractivity contribution in [1.82, 2.24) is 10.5 Å². The van der Waals surface area contributed by atoms with Crippen LogP contribution < -0.4 is 16.4 Å². The molecule has 0 radical (unpaired) electrons. The summed E-state index contributed by atoms with van der Waals surface area (Å²) in [6, 6.07) is 18.6. The Bertz CT molecular complexity index is 1260. The smallest absolute Gasteiger partial charge is 0.231 e. The predicted molar refractivity (Wildman–Crippen MR) is 156 cm³/mol.